The Morgan fingerprint density at radius 2 is 1.12 bits per heavy atom. The Morgan fingerprint density at radius 1 is 0.792 bits per heavy atom. The van der Waals surface area contributed by atoms with Crippen molar-refractivity contribution >= 4 is 30.2 Å². The van der Waals surface area contributed by atoms with E-state index in [9.17, 15) is 45.3 Å². The Bertz CT molecular complexity index is 461. The normalized spacial score (nSPS) is 12.7. The van der Waals surface area contributed by atoms with Crippen LogP contribution in [0.2, 0.25) is 0 Å². The Balaban J connectivity index is 4.09. The largest absolute Gasteiger partial charge is 0.533 e. The van der Waals surface area contributed by atoms with Gasteiger partial charge >= 0.3 is 6.16 Å². The first-order chi connectivity index (χ1) is 11.1. The number of carbonyl (C=O) groups excluding carboxylic acids is 1. The van der Waals surface area contributed by atoms with Gasteiger partial charge in [-0.15, -0.1) is 0 Å². The van der Waals surface area contributed by atoms with Crippen LogP contribution in [0.4, 0.5) is 4.79 Å². The van der Waals surface area contributed by atoms with E-state index in [0.29, 0.717) is 0 Å². The van der Waals surface area contributed by atoms with Crippen LogP contribution in [0.15, 0.2) is 0 Å². The van der Waals surface area contributed by atoms with Crippen LogP contribution in [0.3, 0.4) is 0 Å². The number of hydrogen-bond donors (Lipinski definition) is 0. The zero-order valence-corrected chi connectivity index (χ0v) is 13.2. The molecule has 0 aromatic carbocycles. The van der Waals surface area contributed by atoms with Gasteiger partial charge < -0.3 is 8.37 Å². The molecule has 0 rings (SSSR count). The van der Waals surface area contributed by atoms with Crippen molar-refractivity contribution in [1.29, 1.82) is 0 Å². The van der Waals surface area contributed by atoms with Gasteiger partial charge in [0.05, 0.1) is 24.1 Å². The molecule has 24 heavy (non-hydrogen) atoms. The zero-order chi connectivity index (χ0) is 18.7. The summed E-state index contributed by atoms with van der Waals surface area (Å²) in [6.45, 7) is -1.92. The summed E-state index contributed by atoms with van der Waals surface area (Å²) in [6.07, 6.45) is -1.36. The van der Waals surface area contributed by atoms with Crippen LogP contribution in [0.5, 0.6) is 0 Å². The summed E-state index contributed by atoms with van der Waals surface area (Å²) in [5, 5.41) is 41.4. The highest BCUT2D eigenvalue weighted by molar-refractivity contribution is 7.96. The standard InChI is InChI=1S/C7H10N4O11S2/c12-7(21-23-3-5(10(17)18)1-8(13)14)22-24-4-6(11(19)20)2-9(15)16/h5-6H,1-4H2. The molecular weight excluding hydrogens is 380 g/mol. The lowest BCUT2D eigenvalue weighted by Crippen LogP contribution is -2.31. The van der Waals surface area contributed by atoms with Gasteiger partial charge in [-0.2, -0.15) is 0 Å². The van der Waals surface area contributed by atoms with E-state index in [4.69, 9.17) is 0 Å². The van der Waals surface area contributed by atoms with E-state index in [-0.39, 0.29) is 24.1 Å². The zero-order valence-electron chi connectivity index (χ0n) is 11.6. The smallest absolute Gasteiger partial charge is 0.359 e. The van der Waals surface area contributed by atoms with Gasteiger partial charge in [0.1, 0.15) is 11.5 Å². The fraction of sp³-hybridized carbons (Fsp3) is 0.857. The minimum absolute atomic E-state index is 0.239. The Kier molecular flexibility index (Phi) is 10.0. The van der Waals surface area contributed by atoms with Gasteiger partial charge in [0.15, 0.2) is 0 Å². The molecule has 0 saturated heterocycles. The molecule has 0 amide bonds. The molecule has 17 heteroatoms. The third kappa shape index (κ3) is 10.3. The quantitative estimate of drug-likeness (QED) is 0.249. The van der Waals surface area contributed by atoms with Crippen LogP contribution < -0.4 is 0 Å². The van der Waals surface area contributed by atoms with Gasteiger partial charge in [-0.3, -0.25) is 40.5 Å². The van der Waals surface area contributed by atoms with Crippen molar-refractivity contribution in [3.63, 3.8) is 0 Å². The molecule has 2 atom stereocenters. The van der Waals surface area contributed by atoms with Crippen molar-refractivity contribution in [2.24, 2.45) is 0 Å². The maximum atomic E-state index is 11.1. The summed E-state index contributed by atoms with van der Waals surface area (Å²) in [6, 6.07) is -3.16. The van der Waals surface area contributed by atoms with Crippen LogP contribution >= 0.6 is 24.1 Å². The molecule has 0 bridgehead atoms. The van der Waals surface area contributed by atoms with Crippen LogP contribution in [-0.4, -0.2) is 62.5 Å². The minimum Gasteiger partial charge on any atom is -0.359 e. The molecule has 2 unspecified atom stereocenters. The molecule has 15 nitrogen and oxygen atoms in total. The molecule has 0 aromatic heterocycles. The maximum Gasteiger partial charge on any atom is 0.533 e. The first-order valence-corrected chi connectivity index (χ1v) is 7.59. The van der Waals surface area contributed by atoms with E-state index in [1.807, 2.05) is 0 Å². The second kappa shape index (κ2) is 11.2. The van der Waals surface area contributed by atoms with E-state index in [1.165, 1.54) is 0 Å². The lowest BCUT2D eigenvalue weighted by Gasteiger charge is -2.06. The van der Waals surface area contributed by atoms with Gasteiger partial charge in [-0.1, -0.05) is 0 Å². The van der Waals surface area contributed by atoms with Crippen molar-refractivity contribution in [2.75, 3.05) is 24.6 Å². The molecule has 0 aliphatic rings. The molecule has 0 aromatic rings. The predicted octanol–water partition coefficient (Wildman–Crippen LogP) is 0.280. The van der Waals surface area contributed by atoms with Crippen molar-refractivity contribution in [3.8, 4) is 0 Å². The van der Waals surface area contributed by atoms with E-state index in [1.54, 1.807) is 0 Å². The summed E-state index contributed by atoms with van der Waals surface area (Å²) in [5.74, 6) is -1.01. The summed E-state index contributed by atoms with van der Waals surface area (Å²) in [5.41, 5.74) is 0. The third-order valence-electron chi connectivity index (χ3n) is 2.09. The fourth-order valence-corrected chi connectivity index (χ4v) is 2.25. The number of hydrogen-bond acceptors (Lipinski definition) is 13. The van der Waals surface area contributed by atoms with Crippen molar-refractivity contribution < 1.29 is 32.9 Å². The molecule has 0 spiro atoms. The first-order valence-electron chi connectivity index (χ1n) is 5.77. The Labute approximate surface area is 141 Å². The summed E-state index contributed by atoms with van der Waals surface area (Å²) in [7, 11) is 0. The van der Waals surface area contributed by atoms with E-state index >= 15 is 0 Å². The predicted molar refractivity (Wildman–Crippen MR) is 77.8 cm³/mol. The minimum atomic E-state index is -1.58. The van der Waals surface area contributed by atoms with E-state index in [0.717, 1.165) is 0 Å². The lowest BCUT2D eigenvalue weighted by molar-refractivity contribution is -0.583. The molecule has 0 radical (unpaired) electrons. The van der Waals surface area contributed by atoms with Gasteiger partial charge in [-0.25, -0.2) is 4.79 Å². The molecule has 0 aliphatic carbocycles. The topological polar surface area (TPSA) is 208 Å². The number of rotatable bonds is 12. The van der Waals surface area contributed by atoms with Crippen molar-refractivity contribution in [1.82, 2.24) is 0 Å². The van der Waals surface area contributed by atoms with E-state index in [2.05, 4.69) is 8.37 Å². The number of nitro groups is 4. The highest BCUT2D eigenvalue weighted by Crippen LogP contribution is 2.14. The lowest BCUT2D eigenvalue weighted by atomic mass is 10.4. The summed E-state index contributed by atoms with van der Waals surface area (Å²) < 4.78 is 8.66. The van der Waals surface area contributed by atoms with Crippen molar-refractivity contribution in [2.45, 2.75) is 12.1 Å². The highest BCUT2D eigenvalue weighted by Gasteiger charge is 2.29. The summed E-state index contributed by atoms with van der Waals surface area (Å²) >= 11 is 0.479. The first kappa shape index (κ1) is 21.6. The van der Waals surface area contributed by atoms with Crippen LogP contribution in [0.1, 0.15) is 0 Å². The maximum absolute atomic E-state index is 11.1. The monoisotopic (exact) mass is 390 g/mol. The highest BCUT2D eigenvalue weighted by atomic mass is 32.2. The SMILES string of the molecule is O=C(OSCC(C[N+](=O)[O-])[N+](=O)[O-])OSCC(C[N+](=O)[O-])[N+](=O)[O-]. The third-order valence-corrected chi connectivity index (χ3v) is 3.64. The van der Waals surface area contributed by atoms with Gasteiger partial charge in [0.25, 0.3) is 25.2 Å². The van der Waals surface area contributed by atoms with Gasteiger partial charge in [-0.05, 0) is 0 Å². The van der Waals surface area contributed by atoms with Crippen LogP contribution in [-0.2, 0) is 8.37 Å². The molecule has 0 N–H and O–H groups in total. The van der Waals surface area contributed by atoms with Gasteiger partial charge in [0.2, 0.25) is 0 Å². The molecule has 0 aliphatic heterocycles. The van der Waals surface area contributed by atoms with Crippen LogP contribution in [0.25, 0.3) is 0 Å². The van der Waals surface area contributed by atoms with Crippen LogP contribution in [0, 0.1) is 40.5 Å². The molecule has 0 saturated carbocycles. The van der Waals surface area contributed by atoms with Crippen molar-refractivity contribution in [3.05, 3.63) is 40.5 Å². The average Bonchev–Trinajstić information content (AvgIpc) is 2.44. The summed E-state index contributed by atoms with van der Waals surface area (Å²) in [4.78, 5) is 48.9. The second-order valence-corrected chi connectivity index (χ2v) is 5.37. The number of nitrogens with zero attached hydrogens (tertiary/aromatic N) is 4. The number of carbonyl (C=O) groups is 1. The van der Waals surface area contributed by atoms with Gasteiger partial charge in [0, 0.05) is 19.7 Å². The average molecular weight is 390 g/mol. The van der Waals surface area contributed by atoms with E-state index < -0.39 is 62.5 Å². The second-order valence-electron chi connectivity index (χ2n) is 3.89. The fourth-order valence-electron chi connectivity index (χ4n) is 1.04. The molecule has 0 fully saturated rings. The Morgan fingerprint density at radius 3 is 1.38 bits per heavy atom. The molecular formula is C7H10N4O11S2. The molecule has 136 valence electrons. The molecule has 0 heterocycles. The Hall–Kier alpha value is -2.43.